The second-order valence-corrected chi connectivity index (χ2v) is 5.10. The number of hydrogen-bond acceptors (Lipinski definition) is 4. The summed E-state index contributed by atoms with van der Waals surface area (Å²) in [5.41, 5.74) is 2.06. The van der Waals surface area contributed by atoms with Crippen molar-refractivity contribution in [3.05, 3.63) is 41.3 Å². The smallest absolute Gasteiger partial charge is 0.409 e. The number of rotatable bonds is 2. The number of nitrogens with zero attached hydrogens (tertiary/aromatic N) is 2. The zero-order chi connectivity index (χ0) is 15.5. The van der Waals surface area contributed by atoms with Crippen molar-refractivity contribution in [3.8, 4) is 11.3 Å². The second kappa shape index (κ2) is 6.17. The Hall–Kier alpha value is -2.37. The molecule has 1 aromatic heterocycles. The predicted octanol–water partition coefficient (Wildman–Crippen LogP) is 3.04. The van der Waals surface area contributed by atoms with Crippen LogP contribution in [0.4, 0.5) is 9.18 Å². The molecule has 6 heteroatoms. The van der Waals surface area contributed by atoms with Gasteiger partial charge in [0, 0.05) is 25.1 Å². The van der Waals surface area contributed by atoms with Gasteiger partial charge in [-0.25, -0.2) is 9.18 Å². The third-order valence-electron chi connectivity index (χ3n) is 3.76. The molecule has 1 aromatic carbocycles. The summed E-state index contributed by atoms with van der Waals surface area (Å²) in [6.07, 6.45) is 0.824. The monoisotopic (exact) mass is 304 g/mol. The Morgan fingerprint density at radius 3 is 2.91 bits per heavy atom. The molecule has 0 saturated heterocycles. The van der Waals surface area contributed by atoms with Crippen LogP contribution in [0, 0.1) is 5.82 Å². The van der Waals surface area contributed by atoms with Crippen molar-refractivity contribution >= 4 is 6.09 Å². The second-order valence-electron chi connectivity index (χ2n) is 5.10. The lowest BCUT2D eigenvalue weighted by Crippen LogP contribution is -2.33. The van der Waals surface area contributed by atoms with E-state index in [2.05, 4.69) is 5.16 Å². The molecular weight excluding hydrogens is 287 g/mol. The molecule has 0 aliphatic carbocycles. The molecule has 0 fully saturated rings. The average Bonchev–Trinajstić information content (AvgIpc) is 2.79. The van der Waals surface area contributed by atoms with Gasteiger partial charge in [-0.05, 0) is 25.5 Å². The molecule has 3 rings (SSSR count). The van der Waals surface area contributed by atoms with Gasteiger partial charge in [0.15, 0.2) is 5.76 Å². The largest absolute Gasteiger partial charge is 0.450 e. The highest BCUT2D eigenvalue weighted by atomic mass is 19.1. The first-order chi connectivity index (χ1) is 10.7. The fourth-order valence-electron chi connectivity index (χ4n) is 2.65. The lowest BCUT2D eigenvalue weighted by atomic mass is 10.0. The summed E-state index contributed by atoms with van der Waals surface area (Å²) in [7, 11) is 0. The standard InChI is InChI=1S/C16H17FN2O3/c1-2-21-16(20)19-9-7-12-14(8-10-19)18-22-15(12)11-5-3-4-6-13(11)17/h3-6H,2,7-10H2,1H3. The average molecular weight is 304 g/mol. The van der Waals surface area contributed by atoms with Gasteiger partial charge in [0.2, 0.25) is 0 Å². The molecular formula is C16H17FN2O3. The molecule has 1 amide bonds. The molecule has 0 N–H and O–H groups in total. The van der Waals surface area contributed by atoms with Crippen LogP contribution in [-0.4, -0.2) is 35.8 Å². The van der Waals surface area contributed by atoms with Gasteiger partial charge in [-0.15, -0.1) is 0 Å². The summed E-state index contributed by atoms with van der Waals surface area (Å²) in [6.45, 7) is 3.16. The number of hydrogen-bond donors (Lipinski definition) is 0. The zero-order valence-electron chi connectivity index (χ0n) is 12.3. The van der Waals surface area contributed by atoms with Crippen LogP contribution in [0.3, 0.4) is 0 Å². The summed E-state index contributed by atoms with van der Waals surface area (Å²) >= 11 is 0. The Labute approximate surface area is 127 Å². The number of carbonyl (C=O) groups is 1. The van der Waals surface area contributed by atoms with E-state index in [0.29, 0.717) is 43.9 Å². The lowest BCUT2D eigenvalue weighted by molar-refractivity contribution is 0.108. The van der Waals surface area contributed by atoms with Gasteiger partial charge < -0.3 is 14.2 Å². The number of ether oxygens (including phenoxy) is 1. The minimum absolute atomic E-state index is 0.322. The highest BCUT2D eigenvalue weighted by Gasteiger charge is 2.26. The first kappa shape index (κ1) is 14.6. The SMILES string of the molecule is CCOC(=O)N1CCc2noc(-c3ccccc3F)c2CC1. The fraction of sp³-hybridized carbons (Fsp3) is 0.375. The van der Waals surface area contributed by atoms with Gasteiger partial charge in [0.05, 0.1) is 17.9 Å². The van der Waals surface area contributed by atoms with Crippen molar-refractivity contribution in [2.45, 2.75) is 19.8 Å². The van der Waals surface area contributed by atoms with E-state index in [1.54, 1.807) is 30.0 Å². The molecule has 116 valence electrons. The molecule has 2 heterocycles. The fourth-order valence-corrected chi connectivity index (χ4v) is 2.65. The predicted molar refractivity (Wildman–Crippen MR) is 77.9 cm³/mol. The summed E-state index contributed by atoms with van der Waals surface area (Å²) < 4.78 is 24.3. The maximum atomic E-state index is 14.0. The van der Waals surface area contributed by atoms with Gasteiger partial charge >= 0.3 is 6.09 Å². The molecule has 1 aliphatic heterocycles. The molecule has 1 aliphatic rings. The topological polar surface area (TPSA) is 55.6 Å². The van der Waals surface area contributed by atoms with Gasteiger partial charge in [-0.1, -0.05) is 17.3 Å². The summed E-state index contributed by atoms with van der Waals surface area (Å²) in [4.78, 5) is 13.5. The van der Waals surface area contributed by atoms with Crippen molar-refractivity contribution in [1.82, 2.24) is 10.1 Å². The zero-order valence-corrected chi connectivity index (χ0v) is 12.3. The van der Waals surface area contributed by atoms with E-state index in [1.165, 1.54) is 6.07 Å². The number of fused-ring (bicyclic) bond motifs is 1. The van der Waals surface area contributed by atoms with Crippen LogP contribution < -0.4 is 0 Å². The Kier molecular flexibility index (Phi) is 4.09. The number of aromatic nitrogens is 1. The van der Waals surface area contributed by atoms with Crippen molar-refractivity contribution < 1.29 is 18.4 Å². The maximum Gasteiger partial charge on any atom is 0.409 e. The van der Waals surface area contributed by atoms with E-state index in [4.69, 9.17) is 9.26 Å². The molecule has 5 nitrogen and oxygen atoms in total. The minimum Gasteiger partial charge on any atom is -0.450 e. The molecule has 0 atom stereocenters. The van der Waals surface area contributed by atoms with Crippen molar-refractivity contribution in [1.29, 1.82) is 0 Å². The Morgan fingerprint density at radius 2 is 2.14 bits per heavy atom. The normalized spacial score (nSPS) is 14.4. The first-order valence-electron chi connectivity index (χ1n) is 7.34. The summed E-state index contributed by atoms with van der Waals surface area (Å²) in [5, 5.41) is 4.05. The van der Waals surface area contributed by atoms with E-state index < -0.39 is 0 Å². The molecule has 0 bridgehead atoms. The Balaban J connectivity index is 1.86. The number of carbonyl (C=O) groups excluding carboxylic acids is 1. The third kappa shape index (κ3) is 2.68. The molecule has 2 aromatic rings. The van der Waals surface area contributed by atoms with E-state index in [-0.39, 0.29) is 11.9 Å². The van der Waals surface area contributed by atoms with Gasteiger partial charge in [-0.2, -0.15) is 0 Å². The molecule has 0 spiro atoms. The molecule has 0 saturated carbocycles. The first-order valence-corrected chi connectivity index (χ1v) is 7.34. The molecule has 22 heavy (non-hydrogen) atoms. The van der Waals surface area contributed by atoms with E-state index in [9.17, 15) is 9.18 Å². The lowest BCUT2D eigenvalue weighted by Gasteiger charge is -2.18. The van der Waals surface area contributed by atoms with Gasteiger partial charge in [0.25, 0.3) is 0 Å². The van der Waals surface area contributed by atoms with Crippen LogP contribution in [0.1, 0.15) is 18.2 Å². The third-order valence-corrected chi connectivity index (χ3v) is 3.76. The van der Waals surface area contributed by atoms with Crippen LogP contribution >= 0.6 is 0 Å². The van der Waals surface area contributed by atoms with E-state index in [0.717, 1.165) is 11.3 Å². The van der Waals surface area contributed by atoms with Gasteiger partial charge in [0.1, 0.15) is 5.82 Å². The van der Waals surface area contributed by atoms with E-state index >= 15 is 0 Å². The van der Waals surface area contributed by atoms with Crippen LogP contribution in [0.2, 0.25) is 0 Å². The molecule has 0 radical (unpaired) electrons. The van der Waals surface area contributed by atoms with E-state index in [1.807, 2.05) is 0 Å². The summed E-state index contributed by atoms with van der Waals surface area (Å²) in [6, 6.07) is 6.46. The number of halogens is 1. The maximum absolute atomic E-state index is 14.0. The highest BCUT2D eigenvalue weighted by molar-refractivity contribution is 5.68. The van der Waals surface area contributed by atoms with Crippen molar-refractivity contribution in [2.24, 2.45) is 0 Å². The summed E-state index contributed by atoms with van der Waals surface area (Å²) in [5.74, 6) is 0.117. The quantitative estimate of drug-likeness (QED) is 0.855. The Bertz CT molecular complexity index is 684. The van der Waals surface area contributed by atoms with Crippen LogP contribution in [0.15, 0.2) is 28.8 Å². The van der Waals surface area contributed by atoms with Crippen molar-refractivity contribution in [2.75, 3.05) is 19.7 Å². The molecule has 0 unspecified atom stereocenters. The minimum atomic E-state index is -0.340. The van der Waals surface area contributed by atoms with Crippen LogP contribution in [0.5, 0.6) is 0 Å². The van der Waals surface area contributed by atoms with Crippen molar-refractivity contribution in [3.63, 3.8) is 0 Å². The van der Waals surface area contributed by atoms with Gasteiger partial charge in [-0.3, -0.25) is 0 Å². The number of amides is 1. The Morgan fingerprint density at radius 1 is 1.36 bits per heavy atom. The highest BCUT2D eigenvalue weighted by Crippen LogP contribution is 2.30. The number of benzene rings is 1. The van der Waals surface area contributed by atoms with Crippen LogP contribution in [-0.2, 0) is 17.6 Å². The van der Waals surface area contributed by atoms with Crippen LogP contribution in [0.25, 0.3) is 11.3 Å².